The fraction of sp³-hybridized carbons (Fsp3) is 0.263. The molecule has 0 saturated carbocycles. The summed E-state index contributed by atoms with van der Waals surface area (Å²) in [6.45, 7) is 0.978. The van der Waals surface area contributed by atoms with Gasteiger partial charge in [0.2, 0.25) is 0 Å². The standard InChI is InChI=1S/C19H18F2N4O/c20-14-6-13(8-23-9-14)11-4-5-17(16(21)7-11)25-10-12-2-1-3-15(19(22)26)18(12)24-25/h1-5,7,10,13-14,23H,6,8-9H2,(H2,22,26). The molecule has 1 amide bonds. The van der Waals surface area contributed by atoms with Gasteiger partial charge in [0.1, 0.15) is 23.2 Å². The van der Waals surface area contributed by atoms with Crippen LogP contribution in [0.15, 0.2) is 42.6 Å². The molecule has 1 aliphatic rings. The summed E-state index contributed by atoms with van der Waals surface area (Å²) in [6.07, 6.45) is 1.12. The first-order valence-electron chi connectivity index (χ1n) is 8.45. The molecule has 0 bridgehead atoms. The van der Waals surface area contributed by atoms with E-state index in [1.54, 1.807) is 36.5 Å². The van der Waals surface area contributed by atoms with Crippen LogP contribution in [0.1, 0.15) is 28.3 Å². The Balaban J connectivity index is 1.71. The second-order valence-electron chi connectivity index (χ2n) is 6.58. The van der Waals surface area contributed by atoms with E-state index in [4.69, 9.17) is 5.73 Å². The fourth-order valence-corrected chi connectivity index (χ4v) is 3.47. The molecule has 5 nitrogen and oxygen atoms in total. The second-order valence-corrected chi connectivity index (χ2v) is 6.58. The summed E-state index contributed by atoms with van der Waals surface area (Å²) in [6, 6.07) is 9.93. The molecule has 0 spiro atoms. The minimum Gasteiger partial charge on any atom is -0.366 e. The number of hydrogen-bond acceptors (Lipinski definition) is 3. The molecule has 1 fully saturated rings. The fourth-order valence-electron chi connectivity index (χ4n) is 3.47. The largest absolute Gasteiger partial charge is 0.366 e. The van der Waals surface area contributed by atoms with Crippen molar-refractivity contribution >= 4 is 16.8 Å². The number of nitrogens with one attached hydrogen (secondary N) is 1. The van der Waals surface area contributed by atoms with Crippen molar-refractivity contribution in [3.63, 3.8) is 0 Å². The predicted molar refractivity (Wildman–Crippen MR) is 94.7 cm³/mol. The van der Waals surface area contributed by atoms with E-state index in [9.17, 15) is 13.6 Å². The molecule has 1 aromatic heterocycles. The monoisotopic (exact) mass is 356 g/mol. The highest BCUT2D eigenvalue weighted by atomic mass is 19.1. The molecule has 2 unspecified atom stereocenters. The summed E-state index contributed by atoms with van der Waals surface area (Å²) in [5, 5.41) is 8.04. The molecule has 3 aromatic rings. The number of halogens is 2. The molecule has 2 atom stereocenters. The molecule has 2 aromatic carbocycles. The maximum Gasteiger partial charge on any atom is 0.250 e. The number of rotatable bonds is 3. The van der Waals surface area contributed by atoms with Crippen LogP contribution in [0.2, 0.25) is 0 Å². The second kappa shape index (κ2) is 6.49. The minimum absolute atomic E-state index is 0.0551. The van der Waals surface area contributed by atoms with Gasteiger partial charge in [0.25, 0.3) is 5.91 Å². The first-order chi connectivity index (χ1) is 12.5. The molecular formula is C19H18F2N4O. The smallest absolute Gasteiger partial charge is 0.250 e. The van der Waals surface area contributed by atoms with E-state index in [2.05, 4.69) is 10.4 Å². The molecule has 4 rings (SSSR count). The Labute approximate surface area is 148 Å². The maximum absolute atomic E-state index is 14.7. The summed E-state index contributed by atoms with van der Waals surface area (Å²) in [7, 11) is 0. The number of nitrogens with two attached hydrogens (primary N) is 1. The molecule has 0 aliphatic carbocycles. The van der Waals surface area contributed by atoms with Gasteiger partial charge in [0.05, 0.1) is 5.56 Å². The van der Waals surface area contributed by atoms with E-state index >= 15 is 0 Å². The maximum atomic E-state index is 14.7. The van der Waals surface area contributed by atoms with Crippen molar-refractivity contribution in [3.05, 3.63) is 59.5 Å². The minimum atomic E-state index is -0.917. The Morgan fingerprint density at radius 3 is 2.85 bits per heavy atom. The van der Waals surface area contributed by atoms with E-state index < -0.39 is 17.9 Å². The number of amides is 1. The van der Waals surface area contributed by atoms with Crippen molar-refractivity contribution in [2.45, 2.75) is 18.5 Å². The van der Waals surface area contributed by atoms with Crippen LogP contribution in [0.5, 0.6) is 0 Å². The van der Waals surface area contributed by atoms with Crippen molar-refractivity contribution in [1.82, 2.24) is 15.1 Å². The Kier molecular flexibility index (Phi) is 4.16. The van der Waals surface area contributed by atoms with Gasteiger partial charge in [-0.2, -0.15) is 5.10 Å². The number of carbonyl (C=O) groups excluding carboxylic acids is 1. The number of benzene rings is 2. The average Bonchev–Trinajstić information content (AvgIpc) is 3.05. The van der Waals surface area contributed by atoms with Gasteiger partial charge in [-0.15, -0.1) is 0 Å². The number of piperidine rings is 1. The molecule has 7 heteroatoms. The van der Waals surface area contributed by atoms with Crippen molar-refractivity contribution < 1.29 is 13.6 Å². The van der Waals surface area contributed by atoms with Crippen LogP contribution >= 0.6 is 0 Å². The summed E-state index contributed by atoms with van der Waals surface area (Å²) in [5.41, 5.74) is 7.12. The zero-order valence-corrected chi connectivity index (χ0v) is 14.0. The highest BCUT2D eigenvalue weighted by Gasteiger charge is 2.23. The lowest BCUT2D eigenvalue weighted by molar-refractivity contribution is 0.100. The third-order valence-corrected chi connectivity index (χ3v) is 4.79. The van der Waals surface area contributed by atoms with E-state index in [0.717, 1.165) is 5.56 Å². The summed E-state index contributed by atoms with van der Waals surface area (Å²) in [4.78, 5) is 11.5. The Morgan fingerprint density at radius 1 is 1.27 bits per heavy atom. The third-order valence-electron chi connectivity index (χ3n) is 4.79. The molecule has 3 N–H and O–H groups in total. The van der Waals surface area contributed by atoms with Gasteiger partial charge in [0.15, 0.2) is 0 Å². The normalized spacial score (nSPS) is 20.4. The number of primary amides is 1. The lowest BCUT2D eigenvalue weighted by atomic mass is 9.90. The topological polar surface area (TPSA) is 72.9 Å². The Bertz CT molecular complexity index is 985. The summed E-state index contributed by atoms with van der Waals surface area (Å²) in [5.74, 6) is -1.08. The van der Waals surface area contributed by atoms with E-state index in [1.807, 2.05) is 0 Å². The van der Waals surface area contributed by atoms with E-state index in [0.29, 0.717) is 36.0 Å². The van der Waals surface area contributed by atoms with Gasteiger partial charge in [-0.3, -0.25) is 4.79 Å². The number of hydrogen-bond donors (Lipinski definition) is 2. The quantitative estimate of drug-likeness (QED) is 0.758. The van der Waals surface area contributed by atoms with Crippen molar-refractivity contribution in [2.24, 2.45) is 5.73 Å². The first kappa shape index (κ1) is 16.7. The average molecular weight is 356 g/mol. The predicted octanol–water partition coefficient (Wildman–Crippen LogP) is 2.68. The van der Waals surface area contributed by atoms with Crippen LogP contribution in [0, 0.1) is 5.82 Å². The molecule has 0 radical (unpaired) electrons. The van der Waals surface area contributed by atoms with Gasteiger partial charge >= 0.3 is 0 Å². The molecule has 1 aliphatic heterocycles. The van der Waals surface area contributed by atoms with Gasteiger partial charge < -0.3 is 11.1 Å². The van der Waals surface area contributed by atoms with Gasteiger partial charge in [-0.25, -0.2) is 13.5 Å². The number of fused-ring (bicyclic) bond motifs is 1. The Hall–Kier alpha value is -2.80. The van der Waals surface area contributed by atoms with Crippen molar-refractivity contribution in [1.29, 1.82) is 0 Å². The van der Waals surface area contributed by atoms with Gasteiger partial charge in [0, 0.05) is 24.7 Å². The number of carbonyl (C=O) groups is 1. The lowest BCUT2D eigenvalue weighted by Gasteiger charge is -2.26. The molecule has 134 valence electrons. The first-order valence-corrected chi connectivity index (χ1v) is 8.45. The van der Waals surface area contributed by atoms with Gasteiger partial charge in [-0.05, 0) is 36.1 Å². The van der Waals surface area contributed by atoms with Crippen LogP contribution in [-0.4, -0.2) is 34.9 Å². The zero-order valence-electron chi connectivity index (χ0n) is 14.0. The zero-order chi connectivity index (χ0) is 18.3. The highest BCUT2D eigenvalue weighted by Crippen LogP contribution is 2.28. The van der Waals surface area contributed by atoms with Gasteiger partial charge in [-0.1, -0.05) is 18.2 Å². The lowest BCUT2D eigenvalue weighted by Crippen LogP contribution is -2.36. The number of nitrogens with zero attached hydrogens (tertiary/aromatic N) is 2. The number of alkyl halides is 1. The Morgan fingerprint density at radius 2 is 2.12 bits per heavy atom. The van der Waals surface area contributed by atoms with E-state index in [-0.39, 0.29) is 11.6 Å². The summed E-state index contributed by atoms with van der Waals surface area (Å²) < 4.78 is 29.7. The SMILES string of the molecule is NC(=O)c1cccc2cn(-c3ccc(C4CNCC(F)C4)cc3F)nc12. The van der Waals surface area contributed by atoms with Crippen LogP contribution in [0.4, 0.5) is 8.78 Å². The van der Waals surface area contributed by atoms with Crippen LogP contribution in [0.25, 0.3) is 16.6 Å². The molecular weight excluding hydrogens is 338 g/mol. The molecule has 1 saturated heterocycles. The van der Waals surface area contributed by atoms with Crippen LogP contribution in [0.3, 0.4) is 0 Å². The number of aromatic nitrogens is 2. The van der Waals surface area contributed by atoms with Crippen molar-refractivity contribution in [2.75, 3.05) is 13.1 Å². The molecule has 26 heavy (non-hydrogen) atoms. The van der Waals surface area contributed by atoms with E-state index in [1.165, 1.54) is 10.7 Å². The van der Waals surface area contributed by atoms with Crippen molar-refractivity contribution in [3.8, 4) is 5.69 Å². The molecule has 2 heterocycles. The summed E-state index contributed by atoms with van der Waals surface area (Å²) >= 11 is 0. The third kappa shape index (κ3) is 2.94. The van der Waals surface area contributed by atoms with Crippen LogP contribution < -0.4 is 11.1 Å². The highest BCUT2D eigenvalue weighted by molar-refractivity contribution is 6.04. The van der Waals surface area contributed by atoms with Crippen LogP contribution in [-0.2, 0) is 0 Å².